The van der Waals surface area contributed by atoms with E-state index < -0.39 is 17.5 Å². The summed E-state index contributed by atoms with van der Waals surface area (Å²) in [5.41, 5.74) is 1.34. The normalized spacial score (nSPS) is 11.1. The molecule has 0 heterocycles. The van der Waals surface area contributed by atoms with E-state index in [-0.39, 0.29) is 29.9 Å². The van der Waals surface area contributed by atoms with Gasteiger partial charge in [0.05, 0.1) is 5.56 Å². The quantitative estimate of drug-likeness (QED) is 0.846. The maximum Gasteiger partial charge on any atom is 0.254 e. The van der Waals surface area contributed by atoms with E-state index in [1.54, 1.807) is 0 Å². The van der Waals surface area contributed by atoms with Crippen LogP contribution >= 0.6 is 0 Å². The molecule has 0 radical (unpaired) electrons. The number of hydrogen-bond donors (Lipinski definition) is 2. The molecule has 6 heteroatoms. The first-order valence-corrected chi connectivity index (χ1v) is 8.31. The molecule has 2 amide bonds. The molecule has 0 unspecified atom stereocenters. The van der Waals surface area contributed by atoms with Gasteiger partial charge in [0.25, 0.3) is 5.91 Å². The Bertz CT molecular complexity index is 814. The first-order valence-electron chi connectivity index (χ1n) is 8.31. The number of benzene rings is 2. The molecule has 0 aliphatic rings. The average molecular weight is 360 g/mol. The summed E-state index contributed by atoms with van der Waals surface area (Å²) >= 11 is 0. The summed E-state index contributed by atoms with van der Waals surface area (Å²) in [7, 11) is 0. The monoisotopic (exact) mass is 360 g/mol. The maximum absolute atomic E-state index is 13.6. The van der Waals surface area contributed by atoms with Crippen LogP contribution in [0.15, 0.2) is 42.5 Å². The number of hydrogen-bond acceptors (Lipinski definition) is 2. The lowest BCUT2D eigenvalue weighted by atomic mass is 9.86. The Morgan fingerprint density at radius 1 is 1.04 bits per heavy atom. The van der Waals surface area contributed by atoms with Crippen LogP contribution in [0.5, 0.6) is 0 Å². The first-order chi connectivity index (χ1) is 12.2. The van der Waals surface area contributed by atoms with Gasteiger partial charge in [-0.25, -0.2) is 8.78 Å². The van der Waals surface area contributed by atoms with Crippen molar-refractivity contribution in [2.45, 2.75) is 32.6 Å². The van der Waals surface area contributed by atoms with Gasteiger partial charge in [-0.2, -0.15) is 0 Å². The molecule has 0 fully saturated rings. The molecule has 0 aliphatic carbocycles. The van der Waals surface area contributed by atoms with Crippen molar-refractivity contribution in [3.8, 4) is 0 Å². The van der Waals surface area contributed by atoms with Crippen molar-refractivity contribution in [3.63, 3.8) is 0 Å². The minimum absolute atomic E-state index is 0.0348. The van der Waals surface area contributed by atoms with Crippen LogP contribution in [0.25, 0.3) is 0 Å². The van der Waals surface area contributed by atoms with Crippen LogP contribution in [0.4, 0.5) is 14.5 Å². The maximum atomic E-state index is 13.6. The van der Waals surface area contributed by atoms with Crippen molar-refractivity contribution in [3.05, 3.63) is 65.2 Å². The van der Waals surface area contributed by atoms with Crippen LogP contribution in [0.3, 0.4) is 0 Å². The lowest BCUT2D eigenvalue weighted by Crippen LogP contribution is -2.28. The molecule has 4 nitrogen and oxygen atoms in total. The van der Waals surface area contributed by atoms with E-state index in [0.717, 1.165) is 23.4 Å². The molecule has 2 N–H and O–H groups in total. The summed E-state index contributed by atoms with van der Waals surface area (Å²) in [6.45, 7) is 6.19. The van der Waals surface area contributed by atoms with Gasteiger partial charge in [-0.3, -0.25) is 9.59 Å². The van der Waals surface area contributed by atoms with Crippen molar-refractivity contribution in [1.29, 1.82) is 0 Å². The zero-order valence-electron chi connectivity index (χ0n) is 15.0. The number of halogens is 2. The first kappa shape index (κ1) is 19.6. The van der Waals surface area contributed by atoms with E-state index >= 15 is 0 Å². The highest BCUT2D eigenvalue weighted by Gasteiger charge is 2.18. The van der Waals surface area contributed by atoms with Gasteiger partial charge < -0.3 is 10.6 Å². The van der Waals surface area contributed by atoms with Gasteiger partial charge in [-0.1, -0.05) is 39.0 Å². The van der Waals surface area contributed by atoms with Crippen molar-refractivity contribution in [2.24, 2.45) is 0 Å². The Hall–Kier alpha value is -2.76. The van der Waals surface area contributed by atoms with Crippen molar-refractivity contribution in [1.82, 2.24) is 5.32 Å². The molecular formula is C20H22F2N2O2. The second-order valence-electron chi connectivity index (χ2n) is 6.97. The zero-order chi connectivity index (χ0) is 19.3. The Morgan fingerprint density at radius 2 is 1.73 bits per heavy atom. The fourth-order valence-corrected chi connectivity index (χ4v) is 2.52. The third kappa shape index (κ3) is 5.12. The van der Waals surface area contributed by atoms with Crippen LogP contribution in [0.1, 0.15) is 43.1 Å². The van der Waals surface area contributed by atoms with Crippen molar-refractivity contribution >= 4 is 17.5 Å². The van der Waals surface area contributed by atoms with Crippen LogP contribution in [0, 0.1) is 11.6 Å². The Balaban J connectivity index is 1.91. The summed E-state index contributed by atoms with van der Waals surface area (Å²) in [5.74, 6) is -2.64. The molecule has 26 heavy (non-hydrogen) atoms. The molecule has 0 bridgehead atoms. The second-order valence-corrected chi connectivity index (χ2v) is 6.97. The molecule has 0 aliphatic heterocycles. The van der Waals surface area contributed by atoms with Gasteiger partial charge in [0.1, 0.15) is 11.6 Å². The van der Waals surface area contributed by atoms with Gasteiger partial charge in [-0.05, 0) is 29.2 Å². The van der Waals surface area contributed by atoms with Crippen molar-refractivity contribution in [2.75, 3.05) is 11.9 Å². The lowest BCUT2D eigenvalue weighted by molar-refractivity contribution is -0.116. The summed E-state index contributed by atoms with van der Waals surface area (Å²) in [6, 6.07) is 10.2. The summed E-state index contributed by atoms with van der Waals surface area (Å²) in [4.78, 5) is 24.0. The van der Waals surface area contributed by atoms with E-state index in [9.17, 15) is 18.4 Å². The fourth-order valence-electron chi connectivity index (χ4n) is 2.52. The Labute approximate surface area is 151 Å². The molecule has 0 atom stereocenters. The van der Waals surface area contributed by atoms with Crippen LogP contribution in [0.2, 0.25) is 0 Å². The molecule has 2 rings (SSSR count). The SMILES string of the molecule is CC(C)(C)c1ccccc1NC(=O)CCNC(=O)c1ccc(F)cc1F. The number of rotatable bonds is 5. The number of carbonyl (C=O) groups excluding carboxylic acids is 2. The largest absolute Gasteiger partial charge is 0.351 e. The molecular weight excluding hydrogens is 338 g/mol. The van der Waals surface area contributed by atoms with Crippen LogP contribution < -0.4 is 10.6 Å². The number of anilines is 1. The van der Waals surface area contributed by atoms with E-state index in [1.165, 1.54) is 0 Å². The Morgan fingerprint density at radius 3 is 2.38 bits per heavy atom. The zero-order valence-corrected chi connectivity index (χ0v) is 15.0. The van der Waals surface area contributed by atoms with Gasteiger partial charge in [-0.15, -0.1) is 0 Å². The van der Waals surface area contributed by atoms with Gasteiger partial charge in [0.15, 0.2) is 0 Å². The van der Waals surface area contributed by atoms with E-state index in [4.69, 9.17) is 0 Å². The molecule has 138 valence electrons. The lowest BCUT2D eigenvalue weighted by Gasteiger charge is -2.23. The highest BCUT2D eigenvalue weighted by molar-refractivity contribution is 5.95. The highest BCUT2D eigenvalue weighted by Crippen LogP contribution is 2.29. The standard InChI is InChI=1S/C20H22F2N2O2/c1-20(2,3)15-6-4-5-7-17(15)24-18(25)10-11-23-19(26)14-9-8-13(21)12-16(14)22/h4-9,12H,10-11H2,1-3H3,(H,23,26)(H,24,25). The van der Waals surface area contributed by atoms with Crippen molar-refractivity contribution < 1.29 is 18.4 Å². The third-order valence-corrected chi connectivity index (χ3v) is 3.82. The van der Waals surface area contributed by atoms with E-state index in [0.29, 0.717) is 6.07 Å². The predicted octanol–water partition coefficient (Wildman–Crippen LogP) is 4.02. The van der Waals surface area contributed by atoms with Crippen LogP contribution in [-0.4, -0.2) is 18.4 Å². The molecule has 0 saturated carbocycles. The third-order valence-electron chi connectivity index (χ3n) is 3.82. The molecule has 0 spiro atoms. The molecule has 0 saturated heterocycles. The minimum atomic E-state index is -0.939. The number of amides is 2. The Kier molecular flexibility index (Phi) is 6.08. The van der Waals surface area contributed by atoms with Crippen LogP contribution in [-0.2, 0) is 10.2 Å². The smallest absolute Gasteiger partial charge is 0.254 e. The topological polar surface area (TPSA) is 58.2 Å². The number of nitrogens with one attached hydrogen (secondary N) is 2. The molecule has 2 aromatic carbocycles. The minimum Gasteiger partial charge on any atom is -0.351 e. The summed E-state index contributed by atoms with van der Waals surface area (Å²) < 4.78 is 26.4. The number of carbonyl (C=O) groups is 2. The summed E-state index contributed by atoms with van der Waals surface area (Å²) in [6.07, 6.45) is 0.0348. The second kappa shape index (κ2) is 8.08. The highest BCUT2D eigenvalue weighted by atomic mass is 19.1. The summed E-state index contributed by atoms with van der Waals surface area (Å²) in [5, 5.41) is 5.29. The van der Waals surface area contributed by atoms with E-state index in [1.807, 2.05) is 24.3 Å². The predicted molar refractivity (Wildman–Crippen MR) is 97.1 cm³/mol. The fraction of sp³-hybridized carbons (Fsp3) is 0.300. The van der Waals surface area contributed by atoms with Gasteiger partial charge in [0.2, 0.25) is 5.91 Å². The number of para-hydroxylation sites is 1. The van der Waals surface area contributed by atoms with E-state index in [2.05, 4.69) is 31.4 Å². The van der Waals surface area contributed by atoms with Gasteiger partial charge >= 0.3 is 0 Å². The molecule has 0 aromatic heterocycles. The van der Waals surface area contributed by atoms with Gasteiger partial charge in [0, 0.05) is 24.7 Å². The average Bonchev–Trinajstić information content (AvgIpc) is 2.54. The molecule has 2 aromatic rings.